The summed E-state index contributed by atoms with van der Waals surface area (Å²) in [5, 5.41) is 16.2. The fraction of sp³-hybridized carbons (Fsp3) is 0.250. The number of hydrogen-bond acceptors (Lipinski definition) is 5. The van der Waals surface area contributed by atoms with Crippen molar-refractivity contribution < 1.29 is 19.2 Å². The van der Waals surface area contributed by atoms with Gasteiger partial charge in [-0.25, -0.2) is 4.79 Å². The number of nitro benzene ring substituents is 1. The molecule has 0 aliphatic heterocycles. The van der Waals surface area contributed by atoms with Gasteiger partial charge in [0.05, 0.1) is 18.6 Å². The molecule has 0 saturated carbocycles. The van der Waals surface area contributed by atoms with Crippen molar-refractivity contribution in [2.45, 2.75) is 13.3 Å². The first-order valence-corrected chi connectivity index (χ1v) is 8.65. The minimum Gasteiger partial charge on any atom is -0.493 e. The second-order valence-electron chi connectivity index (χ2n) is 5.99. The largest absolute Gasteiger partial charge is 0.493 e. The number of allylic oxidation sites excluding steroid dienone is 1. The zero-order chi connectivity index (χ0) is 20.5. The predicted octanol–water partition coefficient (Wildman–Crippen LogP) is 3.84. The van der Waals surface area contributed by atoms with Crippen LogP contribution in [-0.2, 0) is 6.42 Å². The SMILES string of the molecule is C=CCc1ccc(OCCNC(=O)Nc2ccc(C)cc2[N+](=O)[O-])c(OC)c1. The number of carbonyl (C=O) groups excluding carboxylic acids is 1. The highest BCUT2D eigenvalue weighted by molar-refractivity contribution is 5.91. The molecule has 0 heterocycles. The lowest BCUT2D eigenvalue weighted by molar-refractivity contribution is -0.384. The predicted molar refractivity (Wildman–Crippen MR) is 107 cm³/mol. The van der Waals surface area contributed by atoms with E-state index in [1.165, 1.54) is 12.1 Å². The molecule has 0 saturated heterocycles. The van der Waals surface area contributed by atoms with Gasteiger partial charge in [-0.2, -0.15) is 0 Å². The van der Waals surface area contributed by atoms with Crippen LogP contribution in [0, 0.1) is 17.0 Å². The topological polar surface area (TPSA) is 103 Å². The number of ether oxygens (including phenoxy) is 2. The van der Waals surface area contributed by atoms with Crippen LogP contribution in [0.5, 0.6) is 11.5 Å². The van der Waals surface area contributed by atoms with Crippen LogP contribution in [0.2, 0.25) is 0 Å². The van der Waals surface area contributed by atoms with Crippen molar-refractivity contribution in [3.8, 4) is 11.5 Å². The van der Waals surface area contributed by atoms with Gasteiger partial charge in [-0.1, -0.05) is 18.2 Å². The lowest BCUT2D eigenvalue weighted by Crippen LogP contribution is -2.32. The van der Waals surface area contributed by atoms with Crippen LogP contribution in [-0.4, -0.2) is 31.2 Å². The van der Waals surface area contributed by atoms with E-state index in [1.54, 1.807) is 32.2 Å². The molecule has 0 bridgehead atoms. The van der Waals surface area contributed by atoms with E-state index in [0.29, 0.717) is 11.5 Å². The fourth-order valence-electron chi connectivity index (χ4n) is 2.52. The maximum atomic E-state index is 12.0. The molecule has 2 aromatic carbocycles. The van der Waals surface area contributed by atoms with E-state index in [2.05, 4.69) is 17.2 Å². The first kappa shape index (κ1) is 20.8. The molecular weight excluding hydrogens is 362 g/mol. The summed E-state index contributed by atoms with van der Waals surface area (Å²) in [5.74, 6) is 1.16. The van der Waals surface area contributed by atoms with Crippen molar-refractivity contribution in [2.75, 3.05) is 25.6 Å². The average molecular weight is 385 g/mol. The Morgan fingerprint density at radius 2 is 2.04 bits per heavy atom. The van der Waals surface area contributed by atoms with Crippen LogP contribution in [0.15, 0.2) is 49.1 Å². The Labute approximate surface area is 163 Å². The van der Waals surface area contributed by atoms with Gasteiger partial charge in [0.2, 0.25) is 0 Å². The number of carbonyl (C=O) groups is 1. The standard InChI is InChI=1S/C20H23N3O5/c1-4-5-15-7-9-18(19(13-15)27-3)28-11-10-21-20(24)22-16-8-6-14(2)12-17(16)23(25)26/h4,6-9,12-13H,1,5,10-11H2,2-3H3,(H2,21,22,24). The minimum absolute atomic E-state index is 0.133. The molecule has 0 unspecified atom stereocenters. The molecule has 28 heavy (non-hydrogen) atoms. The van der Waals surface area contributed by atoms with Crippen molar-refractivity contribution in [1.29, 1.82) is 0 Å². The Morgan fingerprint density at radius 3 is 2.71 bits per heavy atom. The van der Waals surface area contributed by atoms with E-state index in [0.717, 1.165) is 17.5 Å². The Hall–Kier alpha value is -3.55. The van der Waals surface area contributed by atoms with Gasteiger partial charge in [0.1, 0.15) is 12.3 Å². The van der Waals surface area contributed by atoms with Gasteiger partial charge < -0.3 is 20.1 Å². The van der Waals surface area contributed by atoms with Crippen molar-refractivity contribution in [1.82, 2.24) is 5.32 Å². The third-order valence-corrected chi connectivity index (χ3v) is 3.85. The summed E-state index contributed by atoms with van der Waals surface area (Å²) in [6.45, 7) is 5.87. The monoisotopic (exact) mass is 385 g/mol. The van der Waals surface area contributed by atoms with E-state index in [1.807, 2.05) is 12.1 Å². The lowest BCUT2D eigenvalue weighted by atomic mass is 10.1. The van der Waals surface area contributed by atoms with Gasteiger partial charge in [-0.05, 0) is 42.7 Å². The van der Waals surface area contributed by atoms with E-state index >= 15 is 0 Å². The maximum Gasteiger partial charge on any atom is 0.319 e. The molecule has 0 aliphatic rings. The molecule has 0 aliphatic carbocycles. The molecule has 2 rings (SSSR count). The zero-order valence-electron chi connectivity index (χ0n) is 15.9. The summed E-state index contributed by atoms with van der Waals surface area (Å²) in [7, 11) is 1.56. The molecular formula is C20H23N3O5. The molecule has 2 aromatic rings. The number of anilines is 1. The minimum atomic E-state index is -0.552. The highest BCUT2D eigenvalue weighted by atomic mass is 16.6. The van der Waals surface area contributed by atoms with Crippen LogP contribution in [0.4, 0.5) is 16.2 Å². The molecule has 148 valence electrons. The van der Waals surface area contributed by atoms with Crippen LogP contribution in [0.3, 0.4) is 0 Å². The molecule has 8 heteroatoms. The molecule has 0 atom stereocenters. The molecule has 0 fully saturated rings. The van der Waals surface area contributed by atoms with Crippen molar-refractivity contribution in [2.24, 2.45) is 0 Å². The third kappa shape index (κ3) is 5.73. The van der Waals surface area contributed by atoms with Crippen LogP contribution in [0.25, 0.3) is 0 Å². The van der Waals surface area contributed by atoms with E-state index in [4.69, 9.17) is 9.47 Å². The number of urea groups is 1. The van der Waals surface area contributed by atoms with E-state index < -0.39 is 11.0 Å². The molecule has 0 radical (unpaired) electrons. The molecule has 0 aromatic heterocycles. The van der Waals surface area contributed by atoms with Crippen LogP contribution >= 0.6 is 0 Å². The summed E-state index contributed by atoms with van der Waals surface area (Å²) in [6, 6.07) is 9.62. The third-order valence-electron chi connectivity index (χ3n) is 3.85. The maximum absolute atomic E-state index is 12.0. The fourth-order valence-corrected chi connectivity index (χ4v) is 2.52. The van der Waals surface area contributed by atoms with Gasteiger partial charge >= 0.3 is 6.03 Å². The summed E-state index contributed by atoms with van der Waals surface area (Å²) in [5.41, 5.74) is 1.76. The second-order valence-corrected chi connectivity index (χ2v) is 5.99. The summed E-state index contributed by atoms with van der Waals surface area (Å²) < 4.78 is 10.9. The van der Waals surface area contributed by atoms with Gasteiger partial charge in [-0.3, -0.25) is 10.1 Å². The van der Waals surface area contributed by atoms with Gasteiger partial charge in [-0.15, -0.1) is 6.58 Å². The number of benzene rings is 2. The second kappa shape index (κ2) is 9.96. The Morgan fingerprint density at radius 1 is 1.25 bits per heavy atom. The first-order chi connectivity index (χ1) is 13.4. The smallest absolute Gasteiger partial charge is 0.319 e. The lowest BCUT2D eigenvalue weighted by Gasteiger charge is -2.13. The average Bonchev–Trinajstić information content (AvgIpc) is 2.67. The number of amides is 2. The number of aryl methyl sites for hydroxylation is 1. The quantitative estimate of drug-likeness (QED) is 0.295. The first-order valence-electron chi connectivity index (χ1n) is 8.65. The van der Waals surface area contributed by atoms with Crippen molar-refractivity contribution in [3.63, 3.8) is 0 Å². The summed E-state index contributed by atoms with van der Waals surface area (Å²) in [4.78, 5) is 22.5. The Balaban J connectivity index is 1.86. The van der Waals surface area contributed by atoms with Crippen LogP contribution < -0.4 is 20.1 Å². The number of hydrogen-bond donors (Lipinski definition) is 2. The normalized spacial score (nSPS) is 10.1. The molecule has 8 nitrogen and oxygen atoms in total. The number of rotatable bonds is 9. The molecule has 2 amide bonds. The Bertz CT molecular complexity index is 867. The number of nitrogens with one attached hydrogen (secondary N) is 2. The van der Waals surface area contributed by atoms with E-state index in [-0.39, 0.29) is 24.5 Å². The summed E-state index contributed by atoms with van der Waals surface area (Å²) >= 11 is 0. The Kier molecular flexibility index (Phi) is 7.38. The highest BCUT2D eigenvalue weighted by Gasteiger charge is 2.15. The van der Waals surface area contributed by atoms with E-state index in [9.17, 15) is 14.9 Å². The summed E-state index contributed by atoms with van der Waals surface area (Å²) in [6.07, 6.45) is 2.53. The molecule has 2 N–H and O–H groups in total. The van der Waals surface area contributed by atoms with Gasteiger partial charge in [0.15, 0.2) is 11.5 Å². The van der Waals surface area contributed by atoms with Crippen molar-refractivity contribution in [3.05, 3.63) is 70.3 Å². The van der Waals surface area contributed by atoms with Crippen LogP contribution in [0.1, 0.15) is 11.1 Å². The van der Waals surface area contributed by atoms with Crippen molar-refractivity contribution >= 4 is 17.4 Å². The highest BCUT2D eigenvalue weighted by Crippen LogP contribution is 2.28. The number of nitro groups is 1. The molecule has 0 spiro atoms. The number of nitrogens with zero attached hydrogens (tertiary/aromatic N) is 1. The van der Waals surface area contributed by atoms with Gasteiger partial charge in [0.25, 0.3) is 5.69 Å². The number of methoxy groups -OCH3 is 1. The zero-order valence-corrected chi connectivity index (χ0v) is 15.9. The van der Waals surface area contributed by atoms with Gasteiger partial charge in [0, 0.05) is 6.07 Å².